The van der Waals surface area contributed by atoms with Crippen molar-refractivity contribution in [2.45, 2.75) is 45.7 Å². The smallest absolute Gasteiger partial charge is 0.409 e. The Kier molecular flexibility index (Phi) is 6.39. The van der Waals surface area contributed by atoms with Gasteiger partial charge in [0.1, 0.15) is 5.82 Å². The number of rotatable bonds is 5. The van der Waals surface area contributed by atoms with E-state index in [1.807, 2.05) is 19.1 Å². The monoisotopic (exact) mass is 424 g/mol. The van der Waals surface area contributed by atoms with Gasteiger partial charge in [-0.25, -0.2) is 14.2 Å². The first-order valence-electron chi connectivity index (χ1n) is 10.9. The number of aromatic nitrogens is 2. The Labute approximate surface area is 182 Å². The van der Waals surface area contributed by atoms with Gasteiger partial charge in [-0.15, -0.1) is 0 Å². The molecule has 164 valence electrons. The van der Waals surface area contributed by atoms with Crippen molar-refractivity contribution in [2.75, 3.05) is 25.0 Å². The summed E-state index contributed by atoms with van der Waals surface area (Å²) in [5.74, 6) is 0.567. The zero-order chi connectivity index (χ0) is 21.8. The topological polar surface area (TPSA) is 59.4 Å². The van der Waals surface area contributed by atoms with Crippen molar-refractivity contribution in [1.82, 2.24) is 14.5 Å². The molecule has 2 aromatic carbocycles. The molecule has 1 saturated heterocycles. The number of imidazole rings is 1. The quantitative estimate of drug-likeness (QED) is 0.629. The molecule has 31 heavy (non-hydrogen) atoms. The van der Waals surface area contributed by atoms with Gasteiger partial charge >= 0.3 is 6.09 Å². The number of hydrogen-bond donors (Lipinski definition) is 1. The van der Waals surface area contributed by atoms with Crippen LogP contribution in [-0.2, 0) is 11.3 Å². The minimum atomic E-state index is -0.238. The van der Waals surface area contributed by atoms with Gasteiger partial charge in [0, 0.05) is 19.1 Å². The van der Waals surface area contributed by atoms with Crippen LogP contribution in [0.3, 0.4) is 0 Å². The first-order valence-corrected chi connectivity index (χ1v) is 10.9. The number of fused-ring (bicyclic) bond motifs is 1. The van der Waals surface area contributed by atoms with Crippen molar-refractivity contribution in [1.29, 1.82) is 0 Å². The van der Waals surface area contributed by atoms with Crippen LogP contribution in [-0.4, -0.2) is 46.3 Å². The van der Waals surface area contributed by atoms with Crippen LogP contribution in [0.5, 0.6) is 0 Å². The zero-order valence-electron chi connectivity index (χ0n) is 18.1. The van der Waals surface area contributed by atoms with Gasteiger partial charge in [-0.3, -0.25) is 0 Å². The van der Waals surface area contributed by atoms with Crippen molar-refractivity contribution in [3.63, 3.8) is 0 Å². The fourth-order valence-electron chi connectivity index (χ4n) is 4.10. The number of aryl methyl sites for hydroxylation is 1. The SMILES string of the molecule is CCOC(=O)N1CCCC(Nc2nc3cc(C)ccc3n2Cc2ccc(F)cc2)CC1. The lowest BCUT2D eigenvalue weighted by Crippen LogP contribution is -2.33. The summed E-state index contributed by atoms with van der Waals surface area (Å²) in [6.45, 7) is 6.25. The van der Waals surface area contributed by atoms with Gasteiger partial charge in [0.15, 0.2) is 0 Å². The Bertz CT molecular complexity index is 1050. The molecule has 1 aliphatic rings. The molecule has 0 spiro atoms. The Balaban J connectivity index is 1.56. The van der Waals surface area contributed by atoms with Crippen LogP contribution in [0.1, 0.15) is 37.3 Å². The van der Waals surface area contributed by atoms with Crippen LogP contribution in [0.4, 0.5) is 15.1 Å². The molecule has 6 nitrogen and oxygen atoms in total. The van der Waals surface area contributed by atoms with Crippen molar-refractivity contribution >= 4 is 23.1 Å². The predicted molar refractivity (Wildman–Crippen MR) is 120 cm³/mol. The van der Waals surface area contributed by atoms with E-state index in [-0.39, 0.29) is 18.0 Å². The van der Waals surface area contributed by atoms with Gasteiger partial charge < -0.3 is 19.5 Å². The second-order valence-corrected chi connectivity index (χ2v) is 8.10. The van der Waals surface area contributed by atoms with Crippen molar-refractivity contribution < 1.29 is 13.9 Å². The fourth-order valence-corrected chi connectivity index (χ4v) is 4.10. The second-order valence-electron chi connectivity index (χ2n) is 8.10. The average Bonchev–Trinajstić information content (AvgIpc) is 2.91. The van der Waals surface area contributed by atoms with E-state index in [1.54, 1.807) is 4.90 Å². The lowest BCUT2D eigenvalue weighted by molar-refractivity contribution is 0.108. The molecule has 0 saturated carbocycles. The standard InChI is InChI=1S/C24H29FN4O2/c1-3-31-24(30)28-13-4-5-20(12-14-28)26-23-27-21-15-17(2)6-11-22(21)29(23)16-18-7-9-19(25)10-8-18/h6-11,15,20H,3-5,12-14,16H2,1-2H3,(H,26,27). The zero-order valence-corrected chi connectivity index (χ0v) is 18.1. The van der Waals surface area contributed by atoms with Crippen LogP contribution in [0, 0.1) is 12.7 Å². The summed E-state index contributed by atoms with van der Waals surface area (Å²) in [7, 11) is 0. The van der Waals surface area contributed by atoms with E-state index in [0.29, 0.717) is 26.2 Å². The van der Waals surface area contributed by atoms with Crippen LogP contribution in [0.2, 0.25) is 0 Å². The third-order valence-electron chi connectivity index (χ3n) is 5.75. The lowest BCUT2D eigenvalue weighted by atomic mass is 10.1. The number of likely N-dealkylation sites (tertiary alicyclic amines) is 1. The number of hydrogen-bond acceptors (Lipinski definition) is 4. The summed E-state index contributed by atoms with van der Waals surface area (Å²) in [5.41, 5.74) is 4.15. The summed E-state index contributed by atoms with van der Waals surface area (Å²) in [5, 5.41) is 3.62. The van der Waals surface area contributed by atoms with Gasteiger partial charge in [0.25, 0.3) is 0 Å². The Morgan fingerprint density at radius 1 is 1.19 bits per heavy atom. The van der Waals surface area contributed by atoms with Crippen molar-refractivity contribution in [3.05, 3.63) is 59.4 Å². The Morgan fingerprint density at radius 2 is 2.00 bits per heavy atom. The molecule has 0 bridgehead atoms. The number of ether oxygens (including phenoxy) is 1. The van der Waals surface area contributed by atoms with Crippen LogP contribution in [0.25, 0.3) is 11.0 Å². The van der Waals surface area contributed by atoms with Gasteiger partial charge in [0.05, 0.1) is 24.2 Å². The molecule has 3 aromatic rings. The van der Waals surface area contributed by atoms with Crippen LogP contribution < -0.4 is 5.32 Å². The van der Waals surface area contributed by atoms with E-state index < -0.39 is 0 Å². The predicted octanol–water partition coefficient (Wildman–Crippen LogP) is 4.96. The highest BCUT2D eigenvalue weighted by Gasteiger charge is 2.23. The van der Waals surface area contributed by atoms with E-state index in [2.05, 4.69) is 35.0 Å². The summed E-state index contributed by atoms with van der Waals surface area (Å²) in [4.78, 5) is 18.7. The molecule has 1 aromatic heterocycles. The number of carbonyl (C=O) groups is 1. The molecular formula is C24H29FN4O2. The maximum absolute atomic E-state index is 13.4. The van der Waals surface area contributed by atoms with Crippen molar-refractivity contribution in [3.8, 4) is 0 Å². The Hall–Kier alpha value is -3.09. The normalized spacial score (nSPS) is 16.9. The lowest BCUT2D eigenvalue weighted by Gasteiger charge is -2.20. The number of nitrogens with one attached hydrogen (secondary N) is 1. The van der Waals surface area contributed by atoms with E-state index in [1.165, 1.54) is 12.1 Å². The van der Waals surface area contributed by atoms with E-state index in [9.17, 15) is 9.18 Å². The highest BCUT2D eigenvalue weighted by atomic mass is 19.1. The van der Waals surface area contributed by atoms with Gasteiger partial charge in [-0.05, 0) is 68.5 Å². The molecule has 1 unspecified atom stereocenters. The minimum absolute atomic E-state index is 0.212. The third kappa shape index (κ3) is 4.98. The third-order valence-corrected chi connectivity index (χ3v) is 5.75. The maximum Gasteiger partial charge on any atom is 0.409 e. The van der Waals surface area contributed by atoms with Crippen molar-refractivity contribution in [2.24, 2.45) is 0 Å². The maximum atomic E-state index is 13.4. The second kappa shape index (κ2) is 9.37. The highest BCUT2D eigenvalue weighted by Crippen LogP contribution is 2.25. The molecule has 2 heterocycles. The summed E-state index contributed by atoms with van der Waals surface area (Å²) in [6, 6.07) is 13.0. The number of anilines is 1. The van der Waals surface area contributed by atoms with Crippen LogP contribution >= 0.6 is 0 Å². The molecular weight excluding hydrogens is 395 g/mol. The molecule has 4 rings (SSSR count). The molecule has 1 amide bonds. The first kappa shape index (κ1) is 21.2. The fraction of sp³-hybridized carbons (Fsp3) is 0.417. The molecule has 1 fully saturated rings. The number of halogens is 1. The number of benzene rings is 2. The molecule has 1 atom stereocenters. The van der Waals surface area contributed by atoms with E-state index in [0.717, 1.165) is 47.4 Å². The number of amides is 1. The largest absolute Gasteiger partial charge is 0.450 e. The average molecular weight is 425 g/mol. The highest BCUT2D eigenvalue weighted by molar-refractivity contribution is 5.79. The molecule has 7 heteroatoms. The summed E-state index contributed by atoms with van der Waals surface area (Å²) >= 11 is 0. The molecule has 0 aliphatic carbocycles. The number of carbonyl (C=O) groups excluding carboxylic acids is 1. The Morgan fingerprint density at radius 3 is 2.77 bits per heavy atom. The summed E-state index contributed by atoms with van der Waals surface area (Å²) < 4.78 is 20.7. The van der Waals surface area contributed by atoms with Crippen LogP contribution in [0.15, 0.2) is 42.5 Å². The minimum Gasteiger partial charge on any atom is -0.450 e. The van der Waals surface area contributed by atoms with E-state index >= 15 is 0 Å². The van der Waals surface area contributed by atoms with Gasteiger partial charge in [0.2, 0.25) is 5.95 Å². The molecule has 1 aliphatic heterocycles. The summed E-state index contributed by atoms with van der Waals surface area (Å²) in [6.07, 6.45) is 2.46. The molecule has 0 radical (unpaired) electrons. The van der Waals surface area contributed by atoms with Gasteiger partial charge in [-0.2, -0.15) is 0 Å². The first-order chi connectivity index (χ1) is 15.0. The number of nitrogens with zero attached hydrogens (tertiary/aromatic N) is 3. The van der Waals surface area contributed by atoms with Gasteiger partial charge in [-0.1, -0.05) is 18.2 Å². The van der Waals surface area contributed by atoms with E-state index in [4.69, 9.17) is 9.72 Å². The molecule has 1 N–H and O–H groups in total.